The van der Waals surface area contributed by atoms with E-state index < -0.39 is 8.07 Å². The lowest BCUT2D eigenvalue weighted by Crippen LogP contribution is -2.22. The molecule has 0 aromatic heterocycles. The quantitative estimate of drug-likeness (QED) is 0.104. The van der Waals surface area contributed by atoms with E-state index in [0.717, 1.165) is 42.1 Å². The van der Waals surface area contributed by atoms with Crippen molar-refractivity contribution in [3.8, 4) is 5.75 Å². The molecule has 0 spiro atoms. The number of hydrogen-bond acceptors (Lipinski definition) is 5. The molecule has 3 rings (SSSR count). The standard InChI is InChI=1S/C22H30BrFN2O2SSi/c1-30(2,3)15-14-27-17-28-18-10-11-20(19(24)16-18)26-22-9-5-4-8-21(22)25(29-26)13-7-6-12-23/h4-5,8-11,16H,6-7,12-15,17H2,1-3H3. The van der Waals surface area contributed by atoms with E-state index in [2.05, 4.69) is 45.9 Å². The van der Waals surface area contributed by atoms with Gasteiger partial charge in [0.1, 0.15) is 5.75 Å². The zero-order chi connectivity index (χ0) is 21.6. The summed E-state index contributed by atoms with van der Waals surface area (Å²) < 4.78 is 30.3. The Labute approximate surface area is 193 Å². The lowest BCUT2D eigenvalue weighted by atomic mass is 10.2. The fraction of sp³-hybridized carbons (Fsp3) is 0.455. The second-order valence-corrected chi connectivity index (χ2v) is 15.8. The van der Waals surface area contributed by atoms with Gasteiger partial charge in [-0.2, -0.15) is 0 Å². The monoisotopic (exact) mass is 512 g/mol. The Hall–Kier alpha value is -1.22. The molecule has 2 aromatic rings. The van der Waals surface area contributed by atoms with Crippen molar-refractivity contribution in [2.45, 2.75) is 38.5 Å². The van der Waals surface area contributed by atoms with E-state index in [-0.39, 0.29) is 12.6 Å². The van der Waals surface area contributed by atoms with Crippen LogP contribution in [-0.2, 0) is 4.74 Å². The number of hydrogen-bond donors (Lipinski definition) is 0. The van der Waals surface area contributed by atoms with Gasteiger partial charge in [0, 0.05) is 32.6 Å². The molecule has 0 amide bonds. The summed E-state index contributed by atoms with van der Waals surface area (Å²) >= 11 is 5.03. The van der Waals surface area contributed by atoms with Gasteiger partial charge in [-0.15, -0.1) is 0 Å². The molecular weight excluding hydrogens is 483 g/mol. The molecule has 0 bridgehead atoms. The number of alkyl halides is 1. The summed E-state index contributed by atoms with van der Waals surface area (Å²) in [7, 11) is -1.12. The number of halogens is 2. The molecule has 1 heterocycles. The number of para-hydroxylation sites is 2. The second kappa shape index (κ2) is 10.9. The second-order valence-electron chi connectivity index (χ2n) is 8.46. The minimum absolute atomic E-state index is 0.145. The molecule has 4 nitrogen and oxygen atoms in total. The fourth-order valence-electron chi connectivity index (χ4n) is 3.01. The number of fused-ring (bicyclic) bond motifs is 1. The Morgan fingerprint density at radius 3 is 2.50 bits per heavy atom. The number of unbranched alkanes of at least 4 members (excludes halogenated alkanes) is 1. The number of benzene rings is 2. The Kier molecular flexibility index (Phi) is 8.50. The van der Waals surface area contributed by atoms with Crippen LogP contribution in [0.3, 0.4) is 0 Å². The van der Waals surface area contributed by atoms with Crippen molar-refractivity contribution in [2.24, 2.45) is 0 Å². The van der Waals surface area contributed by atoms with Crippen molar-refractivity contribution >= 4 is 53.2 Å². The van der Waals surface area contributed by atoms with Gasteiger partial charge in [0.2, 0.25) is 0 Å². The van der Waals surface area contributed by atoms with Crippen LogP contribution in [0.2, 0.25) is 25.7 Å². The van der Waals surface area contributed by atoms with E-state index >= 15 is 0 Å². The summed E-state index contributed by atoms with van der Waals surface area (Å²) in [4.78, 5) is 0. The van der Waals surface area contributed by atoms with Crippen LogP contribution in [0.1, 0.15) is 12.8 Å². The van der Waals surface area contributed by atoms with E-state index in [0.29, 0.717) is 18.0 Å². The predicted molar refractivity (Wildman–Crippen MR) is 133 cm³/mol. The SMILES string of the molecule is C[Si](C)(C)CCOCOc1ccc(N2SN(CCCCBr)c3ccccc32)c(F)c1. The maximum Gasteiger partial charge on any atom is 0.189 e. The van der Waals surface area contributed by atoms with Gasteiger partial charge in [0.05, 0.1) is 29.2 Å². The minimum Gasteiger partial charge on any atom is -0.467 e. The normalized spacial score (nSPS) is 13.6. The first-order valence-corrected chi connectivity index (χ1v) is 15.9. The third-order valence-electron chi connectivity index (χ3n) is 4.74. The summed E-state index contributed by atoms with van der Waals surface area (Å²) in [5.41, 5.74) is 2.65. The molecule has 0 saturated heterocycles. The lowest BCUT2D eigenvalue weighted by molar-refractivity contribution is 0.0219. The largest absolute Gasteiger partial charge is 0.467 e. The molecule has 0 saturated carbocycles. The zero-order valence-electron chi connectivity index (χ0n) is 17.9. The van der Waals surface area contributed by atoms with E-state index in [4.69, 9.17) is 9.47 Å². The molecule has 1 aliphatic heterocycles. The average Bonchev–Trinajstić information content (AvgIpc) is 3.06. The van der Waals surface area contributed by atoms with Gasteiger partial charge in [0.15, 0.2) is 12.6 Å². The minimum atomic E-state index is -1.12. The first-order chi connectivity index (χ1) is 14.4. The van der Waals surface area contributed by atoms with E-state index in [1.165, 1.54) is 18.2 Å². The van der Waals surface area contributed by atoms with Gasteiger partial charge in [-0.1, -0.05) is 47.7 Å². The average molecular weight is 514 g/mol. The third kappa shape index (κ3) is 6.39. The highest BCUT2D eigenvalue weighted by molar-refractivity contribution is 9.09. The maximum atomic E-state index is 15.0. The van der Waals surface area contributed by atoms with Gasteiger partial charge in [0.25, 0.3) is 0 Å². The predicted octanol–water partition coefficient (Wildman–Crippen LogP) is 7.21. The first kappa shape index (κ1) is 23.4. The molecular formula is C22H30BrFN2O2SSi. The fourth-order valence-corrected chi connectivity index (χ4v) is 5.29. The molecule has 0 atom stereocenters. The highest BCUT2D eigenvalue weighted by Crippen LogP contribution is 2.49. The Morgan fingerprint density at radius 2 is 1.80 bits per heavy atom. The molecule has 0 fully saturated rings. The Balaban J connectivity index is 1.63. The van der Waals surface area contributed by atoms with Crippen molar-refractivity contribution in [1.82, 2.24) is 0 Å². The van der Waals surface area contributed by atoms with E-state index in [9.17, 15) is 4.39 Å². The number of anilines is 3. The summed E-state index contributed by atoms with van der Waals surface area (Å²) in [5.74, 6) is 0.176. The van der Waals surface area contributed by atoms with Gasteiger partial charge in [-0.25, -0.2) is 4.39 Å². The molecule has 0 aliphatic carbocycles. The van der Waals surface area contributed by atoms with Crippen molar-refractivity contribution < 1.29 is 13.9 Å². The van der Waals surface area contributed by atoms with Crippen LogP contribution in [0.4, 0.5) is 21.5 Å². The van der Waals surface area contributed by atoms with Gasteiger partial charge in [-0.3, -0.25) is 8.61 Å². The van der Waals surface area contributed by atoms with E-state index in [1.54, 1.807) is 12.1 Å². The van der Waals surface area contributed by atoms with Crippen LogP contribution in [0.5, 0.6) is 5.75 Å². The van der Waals surface area contributed by atoms with E-state index in [1.807, 2.05) is 22.5 Å². The van der Waals surface area contributed by atoms with Crippen LogP contribution < -0.4 is 13.3 Å². The molecule has 2 aromatic carbocycles. The molecule has 0 N–H and O–H groups in total. The Bertz CT molecular complexity index is 837. The van der Waals surface area contributed by atoms with Crippen molar-refractivity contribution in [2.75, 3.05) is 33.9 Å². The van der Waals surface area contributed by atoms with Crippen LogP contribution in [0.25, 0.3) is 0 Å². The molecule has 0 unspecified atom stereocenters. The zero-order valence-corrected chi connectivity index (χ0v) is 21.3. The number of rotatable bonds is 11. The van der Waals surface area contributed by atoms with Crippen LogP contribution >= 0.6 is 28.1 Å². The number of nitrogens with zero attached hydrogens (tertiary/aromatic N) is 2. The summed E-state index contributed by atoms with van der Waals surface area (Å²) in [6.07, 6.45) is 2.19. The van der Waals surface area contributed by atoms with Crippen LogP contribution in [0, 0.1) is 5.82 Å². The van der Waals surface area contributed by atoms with Gasteiger partial charge >= 0.3 is 0 Å². The van der Waals surface area contributed by atoms with Gasteiger partial charge in [-0.05, 0) is 43.2 Å². The third-order valence-corrected chi connectivity index (χ3v) is 8.14. The molecule has 1 aliphatic rings. The summed E-state index contributed by atoms with van der Waals surface area (Å²) in [6, 6.07) is 14.2. The van der Waals surface area contributed by atoms with Gasteiger partial charge < -0.3 is 9.47 Å². The van der Waals surface area contributed by atoms with Crippen LogP contribution in [0.15, 0.2) is 42.5 Å². The van der Waals surface area contributed by atoms with Crippen molar-refractivity contribution in [3.05, 3.63) is 48.3 Å². The highest BCUT2D eigenvalue weighted by atomic mass is 79.9. The smallest absolute Gasteiger partial charge is 0.189 e. The molecule has 30 heavy (non-hydrogen) atoms. The van der Waals surface area contributed by atoms with Crippen molar-refractivity contribution in [3.63, 3.8) is 0 Å². The summed E-state index contributed by atoms with van der Waals surface area (Å²) in [5, 5.41) is 0.995. The molecule has 8 heteroatoms. The maximum absolute atomic E-state index is 15.0. The summed E-state index contributed by atoms with van der Waals surface area (Å²) in [6.45, 7) is 8.67. The van der Waals surface area contributed by atoms with Crippen LogP contribution in [-0.4, -0.2) is 33.3 Å². The lowest BCUT2D eigenvalue weighted by Gasteiger charge is -2.20. The highest BCUT2D eigenvalue weighted by Gasteiger charge is 2.29. The number of ether oxygens (including phenoxy) is 2. The molecule has 164 valence electrons. The topological polar surface area (TPSA) is 24.9 Å². The molecule has 0 radical (unpaired) electrons. The first-order valence-electron chi connectivity index (χ1n) is 10.3. The van der Waals surface area contributed by atoms with Crippen molar-refractivity contribution in [1.29, 1.82) is 0 Å². The Morgan fingerprint density at radius 1 is 1.03 bits per heavy atom.